The van der Waals surface area contributed by atoms with Crippen molar-refractivity contribution >= 4 is 0 Å². The van der Waals surface area contributed by atoms with Gasteiger partial charge in [-0.25, -0.2) is 0 Å². The minimum absolute atomic E-state index is 0.314. The SMILES string of the molecule is CC(C)n1nccc1[C@H](C)O. The predicted molar refractivity (Wildman–Crippen MR) is 43.2 cm³/mol. The van der Waals surface area contributed by atoms with Crippen LogP contribution in [-0.2, 0) is 0 Å². The van der Waals surface area contributed by atoms with Gasteiger partial charge in [0.15, 0.2) is 0 Å². The third-order valence-corrected chi connectivity index (χ3v) is 1.62. The van der Waals surface area contributed by atoms with E-state index in [4.69, 9.17) is 0 Å². The molecule has 0 saturated heterocycles. The quantitative estimate of drug-likeness (QED) is 0.701. The Kier molecular flexibility index (Phi) is 2.29. The largest absolute Gasteiger partial charge is 0.387 e. The van der Waals surface area contributed by atoms with E-state index in [1.807, 2.05) is 24.6 Å². The first-order valence-electron chi connectivity index (χ1n) is 3.84. The summed E-state index contributed by atoms with van der Waals surface area (Å²) >= 11 is 0. The number of aromatic nitrogens is 2. The molecule has 3 heteroatoms. The normalized spacial score (nSPS) is 13.9. The molecule has 1 rings (SSSR count). The van der Waals surface area contributed by atoms with Crippen LogP contribution in [0.5, 0.6) is 0 Å². The van der Waals surface area contributed by atoms with Crippen LogP contribution in [0.15, 0.2) is 12.3 Å². The maximum atomic E-state index is 9.28. The van der Waals surface area contributed by atoms with Crippen molar-refractivity contribution in [2.24, 2.45) is 0 Å². The van der Waals surface area contributed by atoms with Gasteiger partial charge in [0.1, 0.15) is 0 Å². The van der Waals surface area contributed by atoms with Crippen molar-refractivity contribution in [3.63, 3.8) is 0 Å². The summed E-state index contributed by atoms with van der Waals surface area (Å²) in [5, 5.41) is 13.4. The molecule has 1 heterocycles. The van der Waals surface area contributed by atoms with Gasteiger partial charge in [0.25, 0.3) is 0 Å². The van der Waals surface area contributed by atoms with Crippen LogP contribution in [0.25, 0.3) is 0 Å². The van der Waals surface area contributed by atoms with Gasteiger partial charge in [0, 0.05) is 12.2 Å². The maximum absolute atomic E-state index is 9.28. The summed E-state index contributed by atoms with van der Waals surface area (Å²) in [5.74, 6) is 0. The zero-order chi connectivity index (χ0) is 8.43. The van der Waals surface area contributed by atoms with E-state index < -0.39 is 6.10 Å². The summed E-state index contributed by atoms with van der Waals surface area (Å²) in [7, 11) is 0. The first kappa shape index (κ1) is 8.27. The molecule has 1 atom stereocenters. The van der Waals surface area contributed by atoms with Crippen molar-refractivity contribution in [3.05, 3.63) is 18.0 Å². The van der Waals surface area contributed by atoms with E-state index in [1.54, 1.807) is 13.1 Å². The van der Waals surface area contributed by atoms with Gasteiger partial charge >= 0.3 is 0 Å². The van der Waals surface area contributed by atoms with E-state index >= 15 is 0 Å². The molecule has 0 aromatic carbocycles. The van der Waals surface area contributed by atoms with Crippen molar-refractivity contribution in [1.82, 2.24) is 9.78 Å². The third-order valence-electron chi connectivity index (χ3n) is 1.62. The van der Waals surface area contributed by atoms with Crippen LogP contribution in [0.3, 0.4) is 0 Å². The van der Waals surface area contributed by atoms with Crippen LogP contribution in [-0.4, -0.2) is 14.9 Å². The molecule has 1 N–H and O–H groups in total. The van der Waals surface area contributed by atoms with Crippen LogP contribution in [0.1, 0.15) is 38.6 Å². The molecule has 0 aliphatic rings. The van der Waals surface area contributed by atoms with Gasteiger partial charge in [0.2, 0.25) is 0 Å². The average molecular weight is 154 g/mol. The van der Waals surface area contributed by atoms with Crippen molar-refractivity contribution in [2.75, 3.05) is 0 Å². The van der Waals surface area contributed by atoms with Gasteiger partial charge in [-0.05, 0) is 26.8 Å². The predicted octanol–water partition coefficient (Wildman–Crippen LogP) is 1.52. The minimum Gasteiger partial charge on any atom is -0.387 e. The minimum atomic E-state index is -0.431. The fourth-order valence-electron chi connectivity index (χ4n) is 1.09. The number of hydrogen-bond donors (Lipinski definition) is 1. The molecule has 0 fully saturated rings. The molecule has 0 spiro atoms. The second kappa shape index (κ2) is 3.05. The Morgan fingerprint density at radius 2 is 2.09 bits per heavy atom. The number of aliphatic hydroxyl groups is 1. The number of nitrogens with zero attached hydrogens (tertiary/aromatic N) is 2. The fourth-order valence-corrected chi connectivity index (χ4v) is 1.09. The molecule has 0 bridgehead atoms. The van der Waals surface area contributed by atoms with Crippen molar-refractivity contribution in [2.45, 2.75) is 32.9 Å². The molecule has 1 aromatic heterocycles. The topological polar surface area (TPSA) is 38.0 Å². The van der Waals surface area contributed by atoms with E-state index in [0.29, 0.717) is 6.04 Å². The molecule has 0 radical (unpaired) electrons. The molecule has 0 aliphatic heterocycles. The highest BCUT2D eigenvalue weighted by Gasteiger charge is 2.09. The molecular formula is C8H14N2O. The number of hydrogen-bond acceptors (Lipinski definition) is 2. The zero-order valence-corrected chi connectivity index (χ0v) is 7.15. The first-order chi connectivity index (χ1) is 5.13. The lowest BCUT2D eigenvalue weighted by molar-refractivity contribution is 0.184. The lowest BCUT2D eigenvalue weighted by Crippen LogP contribution is -2.09. The molecule has 0 aliphatic carbocycles. The second-order valence-electron chi connectivity index (χ2n) is 2.97. The highest BCUT2D eigenvalue weighted by atomic mass is 16.3. The van der Waals surface area contributed by atoms with Crippen LogP contribution in [0.4, 0.5) is 0 Å². The monoisotopic (exact) mass is 154 g/mol. The van der Waals surface area contributed by atoms with Crippen LogP contribution in [0.2, 0.25) is 0 Å². The Balaban J connectivity index is 2.96. The van der Waals surface area contributed by atoms with Gasteiger partial charge in [-0.2, -0.15) is 5.10 Å². The van der Waals surface area contributed by atoms with Crippen LogP contribution < -0.4 is 0 Å². The molecule has 0 amide bonds. The number of rotatable bonds is 2. The summed E-state index contributed by atoms with van der Waals surface area (Å²) in [6.07, 6.45) is 1.28. The van der Waals surface area contributed by atoms with E-state index in [0.717, 1.165) is 5.69 Å². The summed E-state index contributed by atoms with van der Waals surface area (Å²) in [6, 6.07) is 2.15. The first-order valence-corrected chi connectivity index (χ1v) is 3.84. The Morgan fingerprint density at radius 1 is 1.45 bits per heavy atom. The van der Waals surface area contributed by atoms with Crippen molar-refractivity contribution in [1.29, 1.82) is 0 Å². The fraction of sp³-hybridized carbons (Fsp3) is 0.625. The average Bonchev–Trinajstić information content (AvgIpc) is 2.32. The Hall–Kier alpha value is -0.830. The molecule has 0 unspecified atom stereocenters. The smallest absolute Gasteiger partial charge is 0.0928 e. The molecule has 62 valence electrons. The van der Waals surface area contributed by atoms with Gasteiger partial charge in [-0.1, -0.05) is 0 Å². The van der Waals surface area contributed by atoms with Gasteiger partial charge in [-0.15, -0.1) is 0 Å². The molecule has 1 aromatic rings. The van der Waals surface area contributed by atoms with Gasteiger partial charge in [0.05, 0.1) is 11.8 Å². The molecule has 0 saturated carbocycles. The van der Waals surface area contributed by atoms with E-state index in [9.17, 15) is 5.11 Å². The highest BCUT2D eigenvalue weighted by molar-refractivity contribution is 5.03. The Bertz CT molecular complexity index is 205. The standard InChI is InChI=1S/C8H14N2O/c1-6(2)10-8(7(3)11)4-5-9-10/h4-7,11H,1-3H3/t7-/m0/s1. The lowest BCUT2D eigenvalue weighted by atomic mass is 10.2. The highest BCUT2D eigenvalue weighted by Crippen LogP contribution is 2.14. The van der Waals surface area contributed by atoms with Crippen LogP contribution in [0, 0.1) is 0 Å². The van der Waals surface area contributed by atoms with E-state index in [2.05, 4.69) is 5.10 Å². The van der Waals surface area contributed by atoms with Gasteiger partial charge in [-0.3, -0.25) is 4.68 Å². The van der Waals surface area contributed by atoms with E-state index in [1.165, 1.54) is 0 Å². The summed E-state index contributed by atoms with van der Waals surface area (Å²) < 4.78 is 1.82. The van der Waals surface area contributed by atoms with Crippen molar-refractivity contribution < 1.29 is 5.11 Å². The van der Waals surface area contributed by atoms with E-state index in [-0.39, 0.29) is 0 Å². The maximum Gasteiger partial charge on any atom is 0.0928 e. The molecular weight excluding hydrogens is 140 g/mol. The lowest BCUT2D eigenvalue weighted by Gasteiger charge is -2.12. The van der Waals surface area contributed by atoms with Crippen molar-refractivity contribution in [3.8, 4) is 0 Å². The summed E-state index contributed by atoms with van der Waals surface area (Å²) in [5.41, 5.74) is 0.875. The Morgan fingerprint density at radius 3 is 2.45 bits per heavy atom. The molecule has 11 heavy (non-hydrogen) atoms. The zero-order valence-electron chi connectivity index (χ0n) is 7.15. The third kappa shape index (κ3) is 1.60. The van der Waals surface area contributed by atoms with Crippen LogP contribution >= 0.6 is 0 Å². The second-order valence-corrected chi connectivity index (χ2v) is 2.97. The molecule has 3 nitrogen and oxygen atoms in total. The summed E-state index contributed by atoms with van der Waals surface area (Å²) in [4.78, 5) is 0. The Labute approximate surface area is 66.7 Å². The van der Waals surface area contributed by atoms with Gasteiger partial charge < -0.3 is 5.11 Å². The number of aliphatic hydroxyl groups excluding tert-OH is 1. The summed E-state index contributed by atoms with van der Waals surface area (Å²) in [6.45, 7) is 5.83.